The van der Waals surface area contributed by atoms with Crippen molar-refractivity contribution >= 4 is 17.7 Å². The smallest absolute Gasteiger partial charge is 0.255 e. The van der Waals surface area contributed by atoms with Crippen LogP contribution in [0.1, 0.15) is 42.6 Å². The van der Waals surface area contributed by atoms with Gasteiger partial charge in [0, 0.05) is 18.5 Å². The van der Waals surface area contributed by atoms with Crippen molar-refractivity contribution in [1.82, 2.24) is 15.1 Å². The number of ether oxygens (including phenoxy) is 2. The molecule has 4 rings (SSSR count). The van der Waals surface area contributed by atoms with Crippen LogP contribution in [-0.4, -0.2) is 72.0 Å². The lowest BCUT2D eigenvalue weighted by molar-refractivity contribution is -0.136. The van der Waals surface area contributed by atoms with Crippen molar-refractivity contribution in [3.63, 3.8) is 0 Å². The molecule has 3 aliphatic heterocycles. The van der Waals surface area contributed by atoms with Gasteiger partial charge in [-0.2, -0.15) is 0 Å². The van der Waals surface area contributed by atoms with E-state index in [1.807, 2.05) is 12.1 Å². The van der Waals surface area contributed by atoms with Crippen molar-refractivity contribution in [3.8, 4) is 5.75 Å². The summed E-state index contributed by atoms with van der Waals surface area (Å²) in [7, 11) is 0. The van der Waals surface area contributed by atoms with Gasteiger partial charge in [-0.15, -0.1) is 0 Å². The first-order chi connectivity index (χ1) is 14.0. The van der Waals surface area contributed by atoms with Crippen LogP contribution in [0, 0.1) is 0 Å². The van der Waals surface area contributed by atoms with Crippen molar-refractivity contribution < 1.29 is 23.9 Å². The number of amides is 3. The van der Waals surface area contributed by atoms with Gasteiger partial charge in [-0.1, -0.05) is 13.8 Å². The summed E-state index contributed by atoms with van der Waals surface area (Å²) in [5.41, 5.74) is 1.43. The molecule has 3 heterocycles. The summed E-state index contributed by atoms with van der Waals surface area (Å²) in [5.74, 6) is -0.155. The standard InChI is InChI=1S/C21H27N3O5/c1-3-23(4-2)17-11-28-12-18(17)29-14-5-6-15-13(9-14)10-24(21(15)27)16-7-8-19(25)22-20(16)26/h5-6,9,16-18H,3-4,7-8,10-12H2,1-2H3,(H,22,25,26). The Hall–Kier alpha value is -2.45. The van der Waals surface area contributed by atoms with Gasteiger partial charge in [0.2, 0.25) is 11.8 Å². The lowest BCUT2D eigenvalue weighted by Gasteiger charge is -2.29. The summed E-state index contributed by atoms with van der Waals surface area (Å²) in [6, 6.07) is 5.06. The maximum atomic E-state index is 12.8. The third-order valence-corrected chi connectivity index (χ3v) is 6.06. The Morgan fingerprint density at radius 1 is 1.21 bits per heavy atom. The van der Waals surface area contributed by atoms with Gasteiger partial charge < -0.3 is 14.4 Å². The summed E-state index contributed by atoms with van der Waals surface area (Å²) in [4.78, 5) is 40.2. The van der Waals surface area contributed by atoms with Gasteiger partial charge in [0.25, 0.3) is 5.91 Å². The number of hydrogen-bond donors (Lipinski definition) is 1. The topological polar surface area (TPSA) is 88.2 Å². The summed E-state index contributed by atoms with van der Waals surface area (Å²) >= 11 is 0. The molecule has 3 unspecified atom stereocenters. The van der Waals surface area contributed by atoms with Crippen LogP contribution in [0.4, 0.5) is 0 Å². The number of nitrogens with one attached hydrogen (secondary N) is 1. The lowest BCUT2D eigenvalue weighted by atomic mass is 10.0. The van der Waals surface area contributed by atoms with E-state index in [-0.39, 0.29) is 30.4 Å². The highest BCUT2D eigenvalue weighted by molar-refractivity contribution is 6.05. The number of benzene rings is 1. The van der Waals surface area contributed by atoms with E-state index in [0.29, 0.717) is 37.5 Å². The average molecular weight is 401 g/mol. The first-order valence-electron chi connectivity index (χ1n) is 10.3. The van der Waals surface area contributed by atoms with Gasteiger partial charge in [0.1, 0.15) is 17.9 Å². The zero-order valence-corrected chi connectivity index (χ0v) is 16.8. The molecule has 3 atom stereocenters. The van der Waals surface area contributed by atoms with Crippen LogP contribution in [0.15, 0.2) is 18.2 Å². The third kappa shape index (κ3) is 3.74. The van der Waals surface area contributed by atoms with Gasteiger partial charge in [-0.05, 0) is 43.3 Å². The maximum Gasteiger partial charge on any atom is 0.255 e. The van der Waals surface area contributed by atoms with Crippen LogP contribution in [0.25, 0.3) is 0 Å². The molecule has 29 heavy (non-hydrogen) atoms. The number of rotatable bonds is 6. The normalized spacial score (nSPS) is 26.8. The zero-order valence-electron chi connectivity index (χ0n) is 16.8. The molecule has 1 N–H and O–H groups in total. The fourth-order valence-electron chi connectivity index (χ4n) is 4.47. The van der Waals surface area contributed by atoms with Crippen molar-refractivity contribution in [2.45, 2.75) is 51.4 Å². The van der Waals surface area contributed by atoms with Crippen molar-refractivity contribution in [2.75, 3.05) is 26.3 Å². The predicted octanol–water partition coefficient (Wildman–Crippen LogP) is 0.936. The highest BCUT2D eigenvalue weighted by Crippen LogP contribution is 2.31. The number of imide groups is 1. The predicted molar refractivity (Wildman–Crippen MR) is 104 cm³/mol. The van der Waals surface area contributed by atoms with E-state index in [1.54, 1.807) is 11.0 Å². The fourth-order valence-corrected chi connectivity index (χ4v) is 4.47. The molecule has 0 bridgehead atoms. The molecule has 8 heteroatoms. The molecule has 2 fully saturated rings. The Labute approximate surface area is 170 Å². The lowest BCUT2D eigenvalue weighted by Crippen LogP contribution is -2.52. The van der Waals surface area contributed by atoms with E-state index in [2.05, 4.69) is 24.1 Å². The number of nitrogens with zero attached hydrogens (tertiary/aromatic N) is 2. The largest absolute Gasteiger partial charge is 0.486 e. The van der Waals surface area contributed by atoms with Gasteiger partial charge in [0.15, 0.2) is 0 Å². The minimum absolute atomic E-state index is 0.0590. The van der Waals surface area contributed by atoms with Crippen LogP contribution < -0.4 is 10.1 Å². The maximum absolute atomic E-state index is 12.8. The van der Waals surface area contributed by atoms with Crippen LogP contribution in [0.3, 0.4) is 0 Å². The second kappa shape index (κ2) is 8.12. The van der Waals surface area contributed by atoms with E-state index in [4.69, 9.17) is 9.47 Å². The van der Waals surface area contributed by atoms with Gasteiger partial charge in [-0.3, -0.25) is 24.6 Å². The number of carbonyl (C=O) groups excluding carboxylic acids is 3. The molecule has 156 valence electrons. The highest BCUT2D eigenvalue weighted by Gasteiger charge is 2.39. The summed E-state index contributed by atoms with van der Waals surface area (Å²) in [5, 5.41) is 2.32. The number of piperidine rings is 1. The zero-order chi connectivity index (χ0) is 20.5. The van der Waals surface area contributed by atoms with E-state index in [1.165, 1.54) is 0 Å². The number of hydrogen-bond acceptors (Lipinski definition) is 6. The van der Waals surface area contributed by atoms with Crippen molar-refractivity contribution in [2.24, 2.45) is 0 Å². The molecule has 1 aromatic carbocycles. The van der Waals surface area contributed by atoms with Crippen molar-refractivity contribution in [3.05, 3.63) is 29.3 Å². The molecule has 3 amide bonds. The van der Waals surface area contributed by atoms with Crippen LogP contribution in [0.2, 0.25) is 0 Å². The van der Waals surface area contributed by atoms with Gasteiger partial charge in [-0.25, -0.2) is 0 Å². The van der Waals surface area contributed by atoms with Gasteiger partial charge >= 0.3 is 0 Å². The monoisotopic (exact) mass is 401 g/mol. The summed E-state index contributed by atoms with van der Waals surface area (Å²) in [6.45, 7) is 7.66. The molecule has 0 aromatic heterocycles. The van der Waals surface area contributed by atoms with E-state index >= 15 is 0 Å². The Kier molecular flexibility index (Phi) is 5.56. The average Bonchev–Trinajstić information content (AvgIpc) is 3.28. The molecule has 1 aromatic rings. The molecule has 2 saturated heterocycles. The van der Waals surface area contributed by atoms with Crippen molar-refractivity contribution in [1.29, 1.82) is 0 Å². The number of carbonyl (C=O) groups is 3. The Morgan fingerprint density at radius 3 is 2.72 bits per heavy atom. The van der Waals surface area contributed by atoms with Crippen LogP contribution in [-0.2, 0) is 20.9 Å². The van der Waals surface area contributed by atoms with E-state index in [9.17, 15) is 14.4 Å². The highest BCUT2D eigenvalue weighted by atomic mass is 16.5. The summed E-state index contributed by atoms with van der Waals surface area (Å²) in [6.07, 6.45) is 0.550. The molecule has 0 saturated carbocycles. The number of fused-ring (bicyclic) bond motifs is 1. The van der Waals surface area contributed by atoms with Crippen LogP contribution in [0.5, 0.6) is 5.75 Å². The van der Waals surface area contributed by atoms with E-state index in [0.717, 1.165) is 18.7 Å². The molecule has 8 nitrogen and oxygen atoms in total. The minimum atomic E-state index is -0.604. The second-order valence-corrected chi connectivity index (χ2v) is 7.70. The third-order valence-electron chi connectivity index (χ3n) is 6.06. The molecule has 0 spiro atoms. The number of likely N-dealkylation sites (N-methyl/N-ethyl adjacent to an activating group) is 1. The molecular formula is C21H27N3O5. The van der Waals surface area contributed by atoms with Gasteiger partial charge in [0.05, 0.1) is 19.3 Å². The Bertz CT molecular complexity index is 823. The van der Waals surface area contributed by atoms with E-state index < -0.39 is 11.9 Å². The second-order valence-electron chi connectivity index (χ2n) is 7.70. The first-order valence-corrected chi connectivity index (χ1v) is 10.3. The molecule has 0 radical (unpaired) electrons. The minimum Gasteiger partial charge on any atom is -0.486 e. The Morgan fingerprint density at radius 2 is 2.00 bits per heavy atom. The first kappa shape index (κ1) is 19.8. The molecular weight excluding hydrogens is 374 g/mol. The fraction of sp³-hybridized carbons (Fsp3) is 0.571. The molecule has 0 aliphatic carbocycles. The molecule has 3 aliphatic rings. The quantitative estimate of drug-likeness (QED) is 0.714. The Balaban J connectivity index is 1.48. The SMILES string of the molecule is CCN(CC)C1COCC1Oc1ccc2c(c1)CN(C1CCC(=O)NC1=O)C2=O. The van der Waals surface area contributed by atoms with Crippen LogP contribution >= 0.6 is 0 Å². The summed E-state index contributed by atoms with van der Waals surface area (Å²) < 4.78 is 11.9.